The molecule has 6 nitrogen and oxygen atoms in total. The molecule has 0 aromatic heterocycles. The van der Waals surface area contributed by atoms with Crippen LogP contribution < -0.4 is 0 Å². The fourth-order valence-electron chi connectivity index (χ4n) is 4.42. The van der Waals surface area contributed by atoms with E-state index in [0.29, 0.717) is 32.5 Å². The zero-order valence-electron chi connectivity index (χ0n) is 12.4. The largest absolute Gasteiger partial charge is 0.481 e. The van der Waals surface area contributed by atoms with Crippen molar-refractivity contribution in [1.29, 1.82) is 0 Å². The van der Waals surface area contributed by atoms with Crippen molar-refractivity contribution in [2.45, 2.75) is 45.1 Å². The van der Waals surface area contributed by atoms with Crippen LogP contribution in [0.4, 0.5) is 0 Å². The first-order valence-electron chi connectivity index (χ1n) is 7.75. The Morgan fingerprint density at radius 1 is 1.19 bits per heavy atom. The van der Waals surface area contributed by atoms with Crippen molar-refractivity contribution < 1.29 is 19.5 Å². The predicted octanol–water partition coefficient (Wildman–Crippen LogP) is 0.711. The van der Waals surface area contributed by atoms with Gasteiger partial charge in [0.1, 0.15) is 6.04 Å². The molecule has 1 N–H and O–H groups in total. The lowest BCUT2D eigenvalue weighted by Crippen LogP contribution is -2.47. The summed E-state index contributed by atoms with van der Waals surface area (Å²) in [5.41, 5.74) is -0.741. The van der Waals surface area contributed by atoms with Gasteiger partial charge in [-0.2, -0.15) is 0 Å². The Morgan fingerprint density at radius 2 is 1.95 bits per heavy atom. The van der Waals surface area contributed by atoms with Gasteiger partial charge < -0.3 is 14.9 Å². The topological polar surface area (TPSA) is 77.9 Å². The highest BCUT2D eigenvalue weighted by Gasteiger charge is 2.56. The van der Waals surface area contributed by atoms with Crippen LogP contribution in [-0.2, 0) is 14.4 Å². The highest BCUT2D eigenvalue weighted by atomic mass is 16.4. The van der Waals surface area contributed by atoms with Crippen molar-refractivity contribution in [3.8, 4) is 0 Å². The van der Waals surface area contributed by atoms with E-state index in [9.17, 15) is 19.5 Å². The number of rotatable bonds is 2. The summed E-state index contributed by atoms with van der Waals surface area (Å²) in [5, 5.41) is 9.58. The van der Waals surface area contributed by atoms with Crippen LogP contribution in [0.15, 0.2) is 0 Å². The molecule has 3 rings (SSSR count). The molecule has 6 heteroatoms. The Kier molecular flexibility index (Phi) is 3.42. The molecule has 116 valence electrons. The Bertz CT molecular complexity index is 492. The number of amides is 2. The SMILES string of the molecule is CC(=O)N1CCCC1C(=O)N1C[C@@H]2CCC[C@@]2(C(=O)O)C1. The van der Waals surface area contributed by atoms with Crippen LogP contribution >= 0.6 is 0 Å². The maximum Gasteiger partial charge on any atom is 0.311 e. The molecule has 3 fully saturated rings. The molecule has 0 spiro atoms. The molecule has 21 heavy (non-hydrogen) atoms. The van der Waals surface area contributed by atoms with Gasteiger partial charge in [-0.15, -0.1) is 0 Å². The third kappa shape index (κ3) is 2.12. The molecule has 3 atom stereocenters. The average molecular weight is 294 g/mol. The first-order chi connectivity index (χ1) is 9.95. The Hall–Kier alpha value is -1.59. The number of fused-ring (bicyclic) bond motifs is 1. The van der Waals surface area contributed by atoms with Crippen molar-refractivity contribution in [3.63, 3.8) is 0 Å². The second-order valence-electron chi connectivity index (χ2n) is 6.64. The van der Waals surface area contributed by atoms with Crippen molar-refractivity contribution >= 4 is 17.8 Å². The summed E-state index contributed by atoms with van der Waals surface area (Å²) < 4.78 is 0. The van der Waals surface area contributed by atoms with Gasteiger partial charge in [-0.3, -0.25) is 14.4 Å². The first kappa shape index (κ1) is 14.4. The van der Waals surface area contributed by atoms with Crippen LogP contribution in [0.2, 0.25) is 0 Å². The number of nitrogens with zero attached hydrogens (tertiary/aromatic N) is 2. The van der Waals surface area contributed by atoms with E-state index in [0.717, 1.165) is 19.3 Å². The number of carboxylic acid groups (broad SMARTS) is 1. The number of carbonyl (C=O) groups excluding carboxylic acids is 2. The summed E-state index contributed by atoms with van der Waals surface area (Å²) in [4.78, 5) is 39.3. The quantitative estimate of drug-likeness (QED) is 0.813. The zero-order chi connectivity index (χ0) is 15.2. The van der Waals surface area contributed by atoms with E-state index in [1.807, 2.05) is 0 Å². The van der Waals surface area contributed by atoms with Gasteiger partial charge in [0, 0.05) is 26.6 Å². The van der Waals surface area contributed by atoms with Crippen LogP contribution in [0.3, 0.4) is 0 Å². The second kappa shape index (κ2) is 5.00. The molecule has 2 heterocycles. The van der Waals surface area contributed by atoms with Gasteiger partial charge in [-0.1, -0.05) is 6.42 Å². The zero-order valence-corrected chi connectivity index (χ0v) is 12.4. The van der Waals surface area contributed by atoms with Crippen LogP contribution in [0, 0.1) is 11.3 Å². The highest BCUT2D eigenvalue weighted by molar-refractivity contribution is 5.89. The molecule has 0 radical (unpaired) electrons. The molecule has 1 aliphatic carbocycles. The van der Waals surface area contributed by atoms with Gasteiger partial charge in [0.15, 0.2) is 0 Å². The van der Waals surface area contributed by atoms with Crippen LogP contribution in [-0.4, -0.2) is 58.4 Å². The second-order valence-corrected chi connectivity index (χ2v) is 6.64. The molecule has 1 saturated carbocycles. The van der Waals surface area contributed by atoms with Gasteiger partial charge in [-0.05, 0) is 31.6 Å². The third-order valence-corrected chi connectivity index (χ3v) is 5.55. The van der Waals surface area contributed by atoms with E-state index in [-0.39, 0.29) is 23.8 Å². The Labute approximate surface area is 124 Å². The van der Waals surface area contributed by atoms with E-state index in [4.69, 9.17) is 0 Å². The van der Waals surface area contributed by atoms with Gasteiger partial charge >= 0.3 is 5.97 Å². The van der Waals surface area contributed by atoms with E-state index in [1.165, 1.54) is 6.92 Å². The fourth-order valence-corrected chi connectivity index (χ4v) is 4.42. The van der Waals surface area contributed by atoms with Crippen molar-refractivity contribution in [2.75, 3.05) is 19.6 Å². The predicted molar refractivity (Wildman–Crippen MR) is 74.4 cm³/mol. The molecule has 2 saturated heterocycles. The van der Waals surface area contributed by atoms with Gasteiger partial charge in [0.2, 0.25) is 11.8 Å². The summed E-state index contributed by atoms with van der Waals surface area (Å²) in [6.07, 6.45) is 4.02. The summed E-state index contributed by atoms with van der Waals surface area (Å²) >= 11 is 0. The van der Waals surface area contributed by atoms with E-state index in [2.05, 4.69) is 0 Å². The highest BCUT2D eigenvalue weighted by Crippen LogP contribution is 2.49. The molecule has 0 bridgehead atoms. The number of likely N-dealkylation sites (tertiary alicyclic amines) is 2. The molecule has 2 amide bonds. The monoisotopic (exact) mass is 294 g/mol. The maximum absolute atomic E-state index is 12.7. The lowest BCUT2D eigenvalue weighted by atomic mass is 9.81. The molecule has 0 aromatic rings. The van der Waals surface area contributed by atoms with Gasteiger partial charge in [0.05, 0.1) is 5.41 Å². The normalized spacial score (nSPS) is 35.1. The minimum Gasteiger partial charge on any atom is -0.481 e. The number of hydrogen-bond donors (Lipinski definition) is 1. The standard InChI is InChI=1S/C15H22N2O4/c1-10(18)17-7-3-5-12(17)13(19)16-8-11-4-2-6-15(11,9-16)14(20)21/h11-12H,2-9H2,1H3,(H,20,21)/t11-,12?,15+/m0/s1. The fraction of sp³-hybridized carbons (Fsp3) is 0.800. The van der Waals surface area contributed by atoms with Crippen molar-refractivity contribution in [2.24, 2.45) is 11.3 Å². The molecule has 0 aromatic carbocycles. The van der Waals surface area contributed by atoms with Crippen LogP contribution in [0.5, 0.6) is 0 Å². The van der Waals surface area contributed by atoms with Gasteiger partial charge in [-0.25, -0.2) is 0 Å². The molecular weight excluding hydrogens is 272 g/mol. The maximum atomic E-state index is 12.7. The van der Waals surface area contributed by atoms with Crippen molar-refractivity contribution in [3.05, 3.63) is 0 Å². The molecule has 1 unspecified atom stereocenters. The van der Waals surface area contributed by atoms with E-state index in [1.54, 1.807) is 9.80 Å². The molecular formula is C15H22N2O4. The number of aliphatic carboxylic acids is 1. The van der Waals surface area contributed by atoms with Gasteiger partial charge in [0.25, 0.3) is 0 Å². The molecule has 3 aliphatic rings. The van der Waals surface area contributed by atoms with E-state index < -0.39 is 11.4 Å². The number of hydrogen-bond acceptors (Lipinski definition) is 3. The lowest BCUT2D eigenvalue weighted by Gasteiger charge is -2.28. The summed E-state index contributed by atoms with van der Waals surface area (Å²) in [6, 6.07) is -0.382. The minimum absolute atomic E-state index is 0.0577. The molecule has 2 aliphatic heterocycles. The Morgan fingerprint density at radius 3 is 2.57 bits per heavy atom. The smallest absolute Gasteiger partial charge is 0.311 e. The third-order valence-electron chi connectivity index (χ3n) is 5.55. The van der Waals surface area contributed by atoms with Crippen molar-refractivity contribution in [1.82, 2.24) is 9.80 Å². The number of carboxylic acids is 1. The summed E-state index contributed by atoms with van der Waals surface area (Å²) in [5.74, 6) is -0.822. The number of carbonyl (C=O) groups is 3. The van der Waals surface area contributed by atoms with E-state index >= 15 is 0 Å². The van der Waals surface area contributed by atoms with Crippen LogP contribution in [0.1, 0.15) is 39.0 Å². The summed E-state index contributed by atoms with van der Waals surface area (Å²) in [6.45, 7) is 2.97. The lowest BCUT2D eigenvalue weighted by molar-refractivity contribution is -0.150. The summed E-state index contributed by atoms with van der Waals surface area (Å²) in [7, 11) is 0. The first-order valence-corrected chi connectivity index (χ1v) is 7.75. The van der Waals surface area contributed by atoms with Crippen LogP contribution in [0.25, 0.3) is 0 Å². The Balaban J connectivity index is 1.75. The minimum atomic E-state index is -0.768. The average Bonchev–Trinajstić information content (AvgIpc) is 3.11.